The number of aryl methyl sites for hydroxylation is 2. The van der Waals surface area contributed by atoms with Crippen molar-refractivity contribution < 1.29 is 4.79 Å². The van der Waals surface area contributed by atoms with E-state index in [0.717, 1.165) is 27.8 Å². The number of carbonyl (C=O) groups is 1. The SMILES string of the molecule is Cc1ccc(Nc2ccc(N3CCN(C(=O)c4cc(-c5cccs5)nn4C)CC3)nn2)nc1. The molecule has 1 fully saturated rings. The molecular formula is C23H24N8OS. The average Bonchev–Trinajstić information content (AvgIpc) is 3.51. The summed E-state index contributed by atoms with van der Waals surface area (Å²) in [5.74, 6) is 2.17. The lowest BCUT2D eigenvalue weighted by atomic mass is 10.2. The summed E-state index contributed by atoms with van der Waals surface area (Å²) in [5, 5.41) is 18.3. The number of amides is 1. The van der Waals surface area contributed by atoms with E-state index in [1.54, 1.807) is 22.2 Å². The summed E-state index contributed by atoms with van der Waals surface area (Å²) in [6.07, 6.45) is 1.80. The Hall–Kier alpha value is -3.79. The molecule has 1 amide bonds. The van der Waals surface area contributed by atoms with Gasteiger partial charge in [0.25, 0.3) is 5.91 Å². The number of pyridine rings is 1. The van der Waals surface area contributed by atoms with Gasteiger partial charge < -0.3 is 15.1 Å². The van der Waals surface area contributed by atoms with Crippen molar-refractivity contribution in [3.8, 4) is 10.6 Å². The Balaban J connectivity index is 1.19. The van der Waals surface area contributed by atoms with E-state index in [4.69, 9.17) is 0 Å². The summed E-state index contributed by atoms with van der Waals surface area (Å²) in [6.45, 7) is 4.63. The van der Waals surface area contributed by atoms with Gasteiger partial charge in [-0.15, -0.1) is 21.5 Å². The predicted molar refractivity (Wildman–Crippen MR) is 129 cm³/mol. The first kappa shape index (κ1) is 21.1. The molecule has 0 atom stereocenters. The highest BCUT2D eigenvalue weighted by Crippen LogP contribution is 2.25. The summed E-state index contributed by atoms with van der Waals surface area (Å²) in [6, 6.07) is 13.6. The molecule has 10 heteroatoms. The molecule has 0 aromatic carbocycles. The number of piperazine rings is 1. The Labute approximate surface area is 195 Å². The van der Waals surface area contributed by atoms with Crippen LogP contribution in [0.4, 0.5) is 17.5 Å². The normalized spacial score (nSPS) is 13.9. The number of rotatable bonds is 5. The molecule has 1 aliphatic heterocycles. The van der Waals surface area contributed by atoms with Crippen LogP contribution in [0.25, 0.3) is 10.6 Å². The number of hydrogen-bond acceptors (Lipinski definition) is 8. The van der Waals surface area contributed by atoms with Gasteiger partial charge in [-0.05, 0) is 48.2 Å². The minimum atomic E-state index is 0.00341. The lowest BCUT2D eigenvalue weighted by Crippen LogP contribution is -2.49. The van der Waals surface area contributed by atoms with Crippen LogP contribution in [0.5, 0.6) is 0 Å². The first-order valence-corrected chi connectivity index (χ1v) is 11.6. The molecule has 4 aromatic rings. The van der Waals surface area contributed by atoms with Gasteiger partial charge in [-0.25, -0.2) is 4.98 Å². The van der Waals surface area contributed by atoms with E-state index >= 15 is 0 Å². The zero-order chi connectivity index (χ0) is 22.8. The molecule has 0 bridgehead atoms. The number of anilines is 3. The second kappa shape index (κ2) is 8.99. The van der Waals surface area contributed by atoms with Gasteiger partial charge in [0.2, 0.25) is 0 Å². The molecule has 168 valence electrons. The van der Waals surface area contributed by atoms with Crippen LogP contribution in [0.2, 0.25) is 0 Å². The van der Waals surface area contributed by atoms with E-state index in [9.17, 15) is 4.79 Å². The number of aromatic nitrogens is 5. The minimum Gasteiger partial charge on any atom is -0.352 e. The summed E-state index contributed by atoms with van der Waals surface area (Å²) in [4.78, 5) is 22.5. The third-order valence-electron chi connectivity index (χ3n) is 5.58. The van der Waals surface area contributed by atoms with E-state index < -0.39 is 0 Å². The maximum Gasteiger partial charge on any atom is 0.272 e. The van der Waals surface area contributed by atoms with Gasteiger partial charge in [0.05, 0.1) is 4.88 Å². The van der Waals surface area contributed by atoms with Crippen molar-refractivity contribution in [1.82, 2.24) is 29.9 Å². The van der Waals surface area contributed by atoms with Crippen molar-refractivity contribution in [3.63, 3.8) is 0 Å². The summed E-state index contributed by atoms with van der Waals surface area (Å²) in [7, 11) is 1.82. The van der Waals surface area contributed by atoms with Gasteiger partial charge in [0.15, 0.2) is 11.6 Å². The van der Waals surface area contributed by atoms with E-state index in [1.165, 1.54) is 0 Å². The standard InChI is InChI=1S/C23H24N8OS/c1-16-5-6-20(24-15-16)25-21-7-8-22(27-26-21)30-9-11-31(12-10-30)23(32)18-14-17(28-29(18)2)19-4-3-13-33-19/h3-8,13-15H,9-12H2,1-2H3,(H,24,25,26). The molecular weight excluding hydrogens is 436 g/mol. The van der Waals surface area contributed by atoms with Crippen molar-refractivity contribution in [2.75, 3.05) is 36.4 Å². The molecule has 1 saturated heterocycles. The lowest BCUT2D eigenvalue weighted by Gasteiger charge is -2.35. The van der Waals surface area contributed by atoms with Crippen LogP contribution in [0.15, 0.2) is 54.0 Å². The Kier molecular flexibility index (Phi) is 5.74. The number of thiophene rings is 1. The molecule has 4 aromatic heterocycles. The molecule has 0 spiro atoms. The fraction of sp³-hybridized carbons (Fsp3) is 0.261. The third kappa shape index (κ3) is 4.56. The highest BCUT2D eigenvalue weighted by Gasteiger charge is 2.25. The van der Waals surface area contributed by atoms with E-state index in [0.29, 0.717) is 37.7 Å². The zero-order valence-electron chi connectivity index (χ0n) is 18.5. The molecule has 5 rings (SSSR count). The second-order valence-corrected chi connectivity index (χ2v) is 8.87. The van der Waals surface area contributed by atoms with E-state index in [1.807, 2.05) is 66.7 Å². The van der Waals surface area contributed by atoms with Crippen LogP contribution >= 0.6 is 11.3 Å². The number of nitrogens with zero attached hydrogens (tertiary/aromatic N) is 7. The van der Waals surface area contributed by atoms with Crippen LogP contribution < -0.4 is 10.2 Å². The summed E-state index contributed by atoms with van der Waals surface area (Å²) in [5.41, 5.74) is 2.54. The van der Waals surface area contributed by atoms with Crippen molar-refractivity contribution >= 4 is 34.7 Å². The topological polar surface area (TPSA) is 92.1 Å². The quantitative estimate of drug-likeness (QED) is 0.488. The molecule has 1 N–H and O–H groups in total. The molecule has 0 radical (unpaired) electrons. The molecule has 0 saturated carbocycles. The monoisotopic (exact) mass is 460 g/mol. The fourth-order valence-corrected chi connectivity index (χ4v) is 4.43. The largest absolute Gasteiger partial charge is 0.352 e. The van der Waals surface area contributed by atoms with Crippen LogP contribution in [-0.4, -0.2) is 61.9 Å². The van der Waals surface area contributed by atoms with Gasteiger partial charge >= 0.3 is 0 Å². The average molecular weight is 461 g/mol. The van der Waals surface area contributed by atoms with Gasteiger partial charge in [-0.3, -0.25) is 9.48 Å². The van der Waals surface area contributed by atoms with Crippen LogP contribution in [-0.2, 0) is 7.05 Å². The highest BCUT2D eigenvalue weighted by molar-refractivity contribution is 7.13. The maximum absolute atomic E-state index is 13.1. The van der Waals surface area contributed by atoms with Crippen molar-refractivity contribution in [2.24, 2.45) is 7.05 Å². The van der Waals surface area contributed by atoms with Crippen molar-refractivity contribution in [3.05, 3.63) is 65.3 Å². The molecule has 0 aliphatic carbocycles. The van der Waals surface area contributed by atoms with Crippen LogP contribution in [0.1, 0.15) is 16.1 Å². The van der Waals surface area contributed by atoms with Gasteiger partial charge in [-0.2, -0.15) is 5.10 Å². The van der Waals surface area contributed by atoms with Gasteiger partial charge in [0.1, 0.15) is 17.2 Å². The fourth-order valence-electron chi connectivity index (χ4n) is 3.75. The Morgan fingerprint density at radius 2 is 1.85 bits per heavy atom. The first-order chi connectivity index (χ1) is 16.1. The van der Waals surface area contributed by atoms with Crippen LogP contribution in [0, 0.1) is 6.92 Å². The number of nitrogens with one attached hydrogen (secondary N) is 1. The minimum absolute atomic E-state index is 0.00341. The maximum atomic E-state index is 13.1. The third-order valence-corrected chi connectivity index (χ3v) is 6.47. The Morgan fingerprint density at radius 1 is 1.03 bits per heavy atom. The molecule has 1 aliphatic rings. The number of hydrogen-bond donors (Lipinski definition) is 1. The van der Waals surface area contributed by atoms with Crippen molar-refractivity contribution in [1.29, 1.82) is 0 Å². The van der Waals surface area contributed by atoms with Gasteiger partial charge in [0, 0.05) is 39.4 Å². The molecule has 0 unspecified atom stereocenters. The number of carbonyl (C=O) groups excluding carboxylic acids is 1. The first-order valence-electron chi connectivity index (χ1n) is 10.7. The summed E-state index contributed by atoms with van der Waals surface area (Å²) < 4.78 is 1.67. The Morgan fingerprint density at radius 3 is 2.52 bits per heavy atom. The predicted octanol–water partition coefficient (Wildman–Crippen LogP) is 3.35. The Bertz CT molecular complexity index is 1230. The van der Waals surface area contributed by atoms with E-state index in [2.05, 4.69) is 30.5 Å². The van der Waals surface area contributed by atoms with Gasteiger partial charge in [-0.1, -0.05) is 12.1 Å². The molecule has 9 nitrogen and oxygen atoms in total. The summed E-state index contributed by atoms with van der Waals surface area (Å²) >= 11 is 1.62. The van der Waals surface area contributed by atoms with Crippen LogP contribution in [0.3, 0.4) is 0 Å². The molecule has 33 heavy (non-hydrogen) atoms. The highest BCUT2D eigenvalue weighted by atomic mass is 32.1. The zero-order valence-corrected chi connectivity index (χ0v) is 19.3. The van der Waals surface area contributed by atoms with E-state index in [-0.39, 0.29) is 5.91 Å². The van der Waals surface area contributed by atoms with Crippen molar-refractivity contribution in [2.45, 2.75) is 6.92 Å². The molecule has 5 heterocycles. The smallest absolute Gasteiger partial charge is 0.272 e. The second-order valence-electron chi connectivity index (χ2n) is 7.92. The lowest BCUT2D eigenvalue weighted by molar-refractivity contribution is 0.0735.